The average Bonchev–Trinajstić information content (AvgIpc) is 2.49. The third kappa shape index (κ3) is 4.02. The van der Waals surface area contributed by atoms with Gasteiger partial charge in [-0.15, -0.1) is 0 Å². The van der Waals surface area contributed by atoms with Crippen LogP contribution in [0.1, 0.15) is 30.6 Å². The van der Waals surface area contributed by atoms with Crippen LogP contribution in [0, 0.1) is 5.82 Å². The Hall–Kier alpha value is -2.43. The molecule has 21 heavy (non-hydrogen) atoms. The number of benzene rings is 1. The van der Waals surface area contributed by atoms with E-state index in [9.17, 15) is 9.18 Å². The molecule has 0 aliphatic heterocycles. The van der Waals surface area contributed by atoms with E-state index in [-0.39, 0.29) is 5.56 Å². The summed E-state index contributed by atoms with van der Waals surface area (Å²) < 4.78 is 13.5. The summed E-state index contributed by atoms with van der Waals surface area (Å²) in [6, 6.07) is 9.71. The van der Waals surface area contributed by atoms with Crippen LogP contribution in [0.4, 0.5) is 15.9 Å². The van der Waals surface area contributed by atoms with Crippen molar-refractivity contribution in [3.8, 4) is 0 Å². The lowest BCUT2D eigenvalue weighted by Gasteiger charge is -2.12. The van der Waals surface area contributed by atoms with Crippen molar-refractivity contribution in [2.45, 2.75) is 26.3 Å². The second-order valence-electron chi connectivity index (χ2n) is 4.82. The van der Waals surface area contributed by atoms with Gasteiger partial charge in [0.2, 0.25) is 0 Å². The average molecular weight is 287 g/mol. The number of aromatic nitrogens is 1. The molecule has 2 rings (SSSR count). The van der Waals surface area contributed by atoms with Crippen LogP contribution in [-0.2, 0) is 0 Å². The third-order valence-corrected chi connectivity index (χ3v) is 3.15. The van der Waals surface area contributed by atoms with Gasteiger partial charge in [-0.05, 0) is 37.6 Å². The highest BCUT2D eigenvalue weighted by Gasteiger charge is 2.11. The van der Waals surface area contributed by atoms with Gasteiger partial charge < -0.3 is 10.6 Å². The number of anilines is 2. The number of hydrogen-bond acceptors (Lipinski definition) is 3. The van der Waals surface area contributed by atoms with Crippen molar-refractivity contribution in [3.05, 3.63) is 54.0 Å². The van der Waals surface area contributed by atoms with Gasteiger partial charge in [0.1, 0.15) is 11.6 Å². The second-order valence-corrected chi connectivity index (χ2v) is 4.82. The molecule has 0 saturated carbocycles. The molecule has 0 fully saturated rings. The van der Waals surface area contributed by atoms with Crippen LogP contribution in [0.5, 0.6) is 0 Å². The Kier molecular flexibility index (Phi) is 4.87. The van der Waals surface area contributed by atoms with Gasteiger partial charge in [0.05, 0.1) is 17.4 Å². The van der Waals surface area contributed by atoms with Crippen molar-refractivity contribution in [1.29, 1.82) is 0 Å². The first-order valence-electron chi connectivity index (χ1n) is 6.88. The maximum atomic E-state index is 13.5. The number of hydrogen-bond donors (Lipinski definition) is 2. The molecule has 1 aromatic heterocycles. The van der Waals surface area contributed by atoms with Crippen molar-refractivity contribution in [1.82, 2.24) is 4.98 Å². The van der Waals surface area contributed by atoms with E-state index in [1.165, 1.54) is 12.1 Å². The van der Waals surface area contributed by atoms with Gasteiger partial charge in [-0.25, -0.2) is 9.37 Å². The number of pyridine rings is 1. The maximum absolute atomic E-state index is 13.5. The largest absolute Gasteiger partial charge is 0.368 e. The summed E-state index contributed by atoms with van der Waals surface area (Å²) in [5.41, 5.74) is 0.539. The molecule has 0 radical (unpaired) electrons. The predicted octanol–water partition coefficient (Wildman–Crippen LogP) is 3.68. The summed E-state index contributed by atoms with van der Waals surface area (Å²) in [5, 5.41) is 5.85. The van der Waals surface area contributed by atoms with E-state index >= 15 is 0 Å². The summed E-state index contributed by atoms with van der Waals surface area (Å²) in [6.07, 6.45) is 2.54. The minimum Gasteiger partial charge on any atom is -0.368 e. The molecule has 1 unspecified atom stereocenters. The molecular formula is C16H18FN3O. The number of halogens is 1. The Labute approximate surface area is 123 Å². The van der Waals surface area contributed by atoms with Crippen LogP contribution < -0.4 is 10.6 Å². The maximum Gasteiger partial charge on any atom is 0.258 e. The molecule has 5 heteroatoms. The Morgan fingerprint density at radius 2 is 2.05 bits per heavy atom. The monoisotopic (exact) mass is 287 g/mol. The van der Waals surface area contributed by atoms with E-state index in [4.69, 9.17) is 0 Å². The van der Waals surface area contributed by atoms with Crippen LogP contribution in [0.15, 0.2) is 42.6 Å². The summed E-state index contributed by atoms with van der Waals surface area (Å²) in [7, 11) is 0. The highest BCUT2D eigenvalue weighted by molar-refractivity contribution is 6.04. The van der Waals surface area contributed by atoms with Crippen molar-refractivity contribution < 1.29 is 9.18 Å². The van der Waals surface area contributed by atoms with Crippen LogP contribution in [0.3, 0.4) is 0 Å². The standard InChI is InChI=1S/C16H18FN3O/c1-3-11(2)19-15-9-8-12(10-18-15)20-16(21)13-6-4-5-7-14(13)17/h4-11H,3H2,1-2H3,(H,18,19)(H,20,21). The first-order valence-corrected chi connectivity index (χ1v) is 6.88. The molecule has 2 aromatic rings. The van der Waals surface area contributed by atoms with E-state index in [0.29, 0.717) is 11.7 Å². The van der Waals surface area contributed by atoms with E-state index in [2.05, 4.69) is 29.5 Å². The lowest BCUT2D eigenvalue weighted by Crippen LogP contribution is -2.15. The third-order valence-electron chi connectivity index (χ3n) is 3.15. The van der Waals surface area contributed by atoms with E-state index < -0.39 is 11.7 Å². The van der Waals surface area contributed by atoms with Gasteiger partial charge in [-0.1, -0.05) is 19.1 Å². The van der Waals surface area contributed by atoms with E-state index in [0.717, 1.165) is 12.2 Å². The molecule has 0 aliphatic rings. The Morgan fingerprint density at radius 3 is 2.67 bits per heavy atom. The lowest BCUT2D eigenvalue weighted by atomic mass is 10.2. The van der Waals surface area contributed by atoms with Crippen LogP contribution in [0.2, 0.25) is 0 Å². The second kappa shape index (κ2) is 6.83. The Bertz CT molecular complexity index is 613. The van der Waals surface area contributed by atoms with Crippen molar-refractivity contribution in [3.63, 3.8) is 0 Å². The highest BCUT2D eigenvalue weighted by atomic mass is 19.1. The molecule has 110 valence electrons. The van der Waals surface area contributed by atoms with Crippen LogP contribution in [-0.4, -0.2) is 16.9 Å². The van der Waals surface area contributed by atoms with Crippen LogP contribution >= 0.6 is 0 Å². The van der Waals surface area contributed by atoms with Gasteiger partial charge in [-0.2, -0.15) is 0 Å². The summed E-state index contributed by atoms with van der Waals surface area (Å²) in [6.45, 7) is 4.15. The predicted molar refractivity (Wildman–Crippen MR) is 82.0 cm³/mol. The van der Waals surface area contributed by atoms with Crippen molar-refractivity contribution >= 4 is 17.4 Å². The summed E-state index contributed by atoms with van der Waals surface area (Å²) >= 11 is 0. The molecule has 1 aromatic carbocycles. The first-order chi connectivity index (χ1) is 10.1. The van der Waals surface area contributed by atoms with Gasteiger partial charge in [0, 0.05) is 6.04 Å². The minimum atomic E-state index is -0.544. The normalized spacial score (nSPS) is 11.8. The fourth-order valence-corrected chi connectivity index (χ4v) is 1.75. The van der Waals surface area contributed by atoms with Gasteiger partial charge in [0.25, 0.3) is 5.91 Å². The van der Waals surface area contributed by atoms with Gasteiger partial charge in [-0.3, -0.25) is 4.79 Å². The number of nitrogens with one attached hydrogen (secondary N) is 2. The molecular weight excluding hydrogens is 269 g/mol. The molecule has 2 N–H and O–H groups in total. The smallest absolute Gasteiger partial charge is 0.258 e. The zero-order valence-electron chi connectivity index (χ0n) is 12.1. The number of amides is 1. The highest BCUT2D eigenvalue weighted by Crippen LogP contribution is 2.14. The van der Waals surface area contributed by atoms with E-state index in [1.54, 1.807) is 30.5 Å². The Morgan fingerprint density at radius 1 is 1.29 bits per heavy atom. The molecule has 1 heterocycles. The summed E-state index contributed by atoms with van der Waals surface area (Å²) in [5.74, 6) is -0.288. The molecule has 0 aliphatic carbocycles. The zero-order valence-corrected chi connectivity index (χ0v) is 12.1. The quantitative estimate of drug-likeness (QED) is 0.882. The first kappa shape index (κ1) is 15.0. The number of carbonyl (C=O) groups excluding carboxylic acids is 1. The number of carbonyl (C=O) groups is 1. The molecule has 1 amide bonds. The molecule has 0 bridgehead atoms. The van der Waals surface area contributed by atoms with Crippen molar-refractivity contribution in [2.75, 3.05) is 10.6 Å². The lowest BCUT2D eigenvalue weighted by molar-refractivity contribution is 0.102. The van der Waals surface area contributed by atoms with Gasteiger partial charge in [0.15, 0.2) is 0 Å². The summed E-state index contributed by atoms with van der Waals surface area (Å²) in [4.78, 5) is 16.2. The van der Waals surface area contributed by atoms with Crippen LogP contribution in [0.25, 0.3) is 0 Å². The van der Waals surface area contributed by atoms with Gasteiger partial charge >= 0.3 is 0 Å². The number of nitrogens with zero attached hydrogens (tertiary/aromatic N) is 1. The van der Waals surface area contributed by atoms with E-state index in [1.807, 2.05) is 0 Å². The fraction of sp³-hybridized carbons (Fsp3) is 0.250. The van der Waals surface area contributed by atoms with Crippen molar-refractivity contribution in [2.24, 2.45) is 0 Å². The SMILES string of the molecule is CCC(C)Nc1ccc(NC(=O)c2ccccc2F)cn1. The molecule has 0 saturated heterocycles. The fourth-order valence-electron chi connectivity index (χ4n) is 1.75. The zero-order chi connectivity index (χ0) is 15.2. The Balaban J connectivity index is 2.03. The molecule has 1 atom stereocenters. The number of rotatable bonds is 5. The minimum absolute atomic E-state index is 0.0132. The molecule has 0 spiro atoms. The topological polar surface area (TPSA) is 54.0 Å². The molecule has 4 nitrogen and oxygen atoms in total.